The van der Waals surface area contributed by atoms with Crippen molar-refractivity contribution < 1.29 is 9.84 Å². The van der Waals surface area contributed by atoms with E-state index in [9.17, 15) is 5.11 Å². The zero-order valence-corrected chi connectivity index (χ0v) is 21.2. The lowest BCUT2D eigenvalue weighted by Gasteiger charge is -2.39. The van der Waals surface area contributed by atoms with Crippen LogP contribution in [0.15, 0.2) is 109 Å². The molecule has 2 atom stereocenters. The first-order chi connectivity index (χ1) is 17.5. The number of benzene rings is 5. The number of hydrogen-bond acceptors (Lipinski definition) is 3. The predicted octanol–water partition coefficient (Wildman–Crippen LogP) is 6.97. The monoisotopic (exact) mass is 475 g/mol. The molecule has 3 nitrogen and oxygen atoms in total. The average Bonchev–Trinajstić information content (AvgIpc) is 2.92. The standard InChI is InChI=1S/C33H33NO2/c1-34(2)21-20-33(35,30-19-11-17-24-12-9-10-18-28(24)30)32(25-13-5-4-6-14-25)29-22-26-15-7-8-16-27(26)23-31(29)36-3/h4-19,22-23,32,35H,20-21H2,1-3H3/t32-,33-/m1/s1. The normalized spacial score (nSPS) is 14.1. The fourth-order valence-corrected chi connectivity index (χ4v) is 5.43. The molecule has 0 radical (unpaired) electrons. The summed E-state index contributed by atoms with van der Waals surface area (Å²) in [7, 11) is 5.82. The van der Waals surface area contributed by atoms with E-state index in [-0.39, 0.29) is 5.92 Å². The summed E-state index contributed by atoms with van der Waals surface area (Å²) in [6.07, 6.45) is 0.559. The summed E-state index contributed by atoms with van der Waals surface area (Å²) in [5.41, 5.74) is 1.78. The van der Waals surface area contributed by atoms with Crippen molar-refractivity contribution in [1.82, 2.24) is 4.90 Å². The molecule has 0 amide bonds. The fourth-order valence-electron chi connectivity index (χ4n) is 5.43. The van der Waals surface area contributed by atoms with Gasteiger partial charge in [0.15, 0.2) is 0 Å². The van der Waals surface area contributed by atoms with Crippen molar-refractivity contribution in [2.45, 2.75) is 17.9 Å². The van der Waals surface area contributed by atoms with Crippen LogP contribution in [0.4, 0.5) is 0 Å². The first-order valence-electron chi connectivity index (χ1n) is 12.5. The van der Waals surface area contributed by atoms with Crippen LogP contribution in [0.3, 0.4) is 0 Å². The van der Waals surface area contributed by atoms with Gasteiger partial charge in [-0.2, -0.15) is 0 Å². The van der Waals surface area contributed by atoms with Gasteiger partial charge in [0, 0.05) is 18.0 Å². The maximum absolute atomic E-state index is 13.0. The van der Waals surface area contributed by atoms with E-state index in [0.717, 1.165) is 50.5 Å². The van der Waals surface area contributed by atoms with Gasteiger partial charge in [-0.25, -0.2) is 0 Å². The van der Waals surface area contributed by atoms with Crippen molar-refractivity contribution >= 4 is 21.5 Å². The second-order valence-corrected chi connectivity index (χ2v) is 9.79. The van der Waals surface area contributed by atoms with Gasteiger partial charge in [0.05, 0.1) is 7.11 Å². The molecule has 0 saturated heterocycles. The van der Waals surface area contributed by atoms with Crippen molar-refractivity contribution in [1.29, 1.82) is 0 Å². The van der Waals surface area contributed by atoms with Crippen LogP contribution >= 0.6 is 0 Å². The third-order valence-corrected chi connectivity index (χ3v) is 7.22. The van der Waals surface area contributed by atoms with Gasteiger partial charge in [0.2, 0.25) is 0 Å². The highest BCUT2D eigenvalue weighted by atomic mass is 16.5. The lowest BCUT2D eigenvalue weighted by atomic mass is 9.70. The number of ether oxygens (including phenoxy) is 1. The average molecular weight is 476 g/mol. The van der Waals surface area contributed by atoms with E-state index in [1.54, 1.807) is 7.11 Å². The molecular weight excluding hydrogens is 442 g/mol. The Morgan fingerprint density at radius 1 is 0.750 bits per heavy atom. The number of aliphatic hydroxyl groups is 1. The van der Waals surface area contributed by atoms with Gasteiger partial charge in [0.25, 0.3) is 0 Å². The number of methoxy groups -OCH3 is 1. The first kappa shape index (κ1) is 24.1. The molecule has 0 aromatic heterocycles. The Labute approximate surface area is 213 Å². The van der Waals surface area contributed by atoms with Gasteiger partial charge >= 0.3 is 0 Å². The molecule has 0 bridgehead atoms. The van der Waals surface area contributed by atoms with Gasteiger partial charge in [0.1, 0.15) is 11.4 Å². The Balaban J connectivity index is 1.83. The van der Waals surface area contributed by atoms with E-state index in [4.69, 9.17) is 4.74 Å². The highest BCUT2D eigenvalue weighted by Gasteiger charge is 2.42. The molecule has 0 spiro atoms. The summed E-state index contributed by atoms with van der Waals surface area (Å²) in [6.45, 7) is 0.735. The van der Waals surface area contributed by atoms with Gasteiger partial charge < -0.3 is 14.7 Å². The lowest BCUT2D eigenvalue weighted by Crippen LogP contribution is -2.38. The van der Waals surface area contributed by atoms with E-state index in [2.05, 4.69) is 91.8 Å². The van der Waals surface area contributed by atoms with Crippen LogP contribution in [0.5, 0.6) is 5.75 Å². The topological polar surface area (TPSA) is 32.7 Å². The largest absolute Gasteiger partial charge is 0.496 e. The van der Waals surface area contributed by atoms with E-state index in [1.807, 2.05) is 36.4 Å². The molecule has 0 unspecified atom stereocenters. The van der Waals surface area contributed by atoms with Crippen molar-refractivity contribution in [2.75, 3.05) is 27.7 Å². The number of hydrogen-bond donors (Lipinski definition) is 1. The van der Waals surface area contributed by atoms with Crippen molar-refractivity contribution in [3.63, 3.8) is 0 Å². The Morgan fingerprint density at radius 2 is 1.36 bits per heavy atom. The summed E-state index contributed by atoms with van der Waals surface area (Å²) in [6, 6.07) is 37.5. The second-order valence-electron chi connectivity index (χ2n) is 9.79. The zero-order valence-electron chi connectivity index (χ0n) is 21.2. The van der Waals surface area contributed by atoms with Crippen LogP contribution in [-0.4, -0.2) is 37.8 Å². The van der Waals surface area contributed by atoms with Gasteiger partial charge in [-0.3, -0.25) is 0 Å². The summed E-state index contributed by atoms with van der Waals surface area (Å²) in [5, 5.41) is 17.4. The molecule has 0 aliphatic carbocycles. The highest BCUT2D eigenvalue weighted by Crippen LogP contribution is 2.49. The van der Waals surface area contributed by atoms with Crippen LogP contribution in [-0.2, 0) is 5.60 Å². The van der Waals surface area contributed by atoms with E-state index < -0.39 is 5.60 Å². The smallest absolute Gasteiger partial charge is 0.123 e. The molecule has 5 rings (SSSR count). The molecule has 0 aliphatic rings. The highest BCUT2D eigenvalue weighted by molar-refractivity contribution is 5.88. The molecule has 0 heterocycles. The summed E-state index contributed by atoms with van der Waals surface area (Å²) in [5.74, 6) is 0.440. The minimum absolute atomic E-state index is 0.344. The third kappa shape index (κ3) is 4.48. The van der Waals surface area contributed by atoms with Crippen LogP contribution < -0.4 is 4.74 Å². The van der Waals surface area contributed by atoms with E-state index in [0.29, 0.717) is 6.42 Å². The van der Waals surface area contributed by atoms with Crippen molar-refractivity contribution in [3.05, 3.63) is 126 Å². The molecule has 0 aliphatic heterocycles. The molecule has 0 saturated carbocycles. The lowest BCUT2D eigenvalue weighted by molar-refractivity contribution is 0.00534. The number of rotatable bonds is 8. The SMILES string of the molecule is COc1cc2ccccc2cc1[C@@H](c1ccccc1)[C@@](O)(CCN(C)C)c1cccc2ccccc12. The Hall–Kier alpha value is -3.66. The quantitative estimate of drug-likeness (QED) is 0.263. The van der Waals surface area contributed by atoms with Gasteiger partial charge in [-0.15, -0.1) is 0 Å². The van der Waals surface area contributed by atoms with Crippen molar-refractivity contribution in [3.8, 4) is 5.75 Å². The summed E-state index contributed by atoms with van der Waals surface area (Å²) < 4.78 is 5.98. The minimum Gasteiger partial charge on any atom is -0.496 e. The fraction of sp³-hybridized carbons (Fsp3) is 0.212. The Kier molecular flexibility index (Phi) is 6.77. The summed E-state index contributed by atoms with van der Waals surface area (Å²) >= 11 is 0. The molecular formula is C33H33NO2. The van der Waals surface area contributed by atoms with E-state index in [1.165, 1.54) is 0 Å². The Bertz CT molecular complexity index is 1470. The van der Waals surface area contributed by atoms with Gasteiger partial charge in [-0.05, 0) is 65.3 Å². The second kappa shape index (κ2) is 10.1. The molecule has 182 valence electrons. The number of fused-ring (bicyclic) bond motifs is 2. The maximum atomic E-state index is 13.0. The molecule has 1 N–H and O–H groups in total. The van der Waals surface area contributed by atoms with Crippen LogP contribution in [0, 0.1) is 0 Å². The van der Waals surface area contributed by atoms with Crippen LogP contribution in [0.1, 0.15) is 29.0 Å². The molecule has 3 heteroatoms. The van der Waals surface area contributed by atoms with Gasteiger partial charge in [-0.1, -0.05) is 97.1 Å². The predicted molar refractivity (Wildman–Crippen MR) is 150 cm³/mol. The van der Waals surface area contributed by atoms with Crippen molar-refractivity contribution in [2.24, 2.45) is 0 Å². The molecule has 36 heavy (non-hydrogen) atoms. The van der Waals surface area contributed by atoms with E-state index >= 15 is 0 Å². The third-order valence-electron chi connectivity index (χ3n) is 7.22. The Morgan fingerprint density at radius 3 is 2.06 bits per heavy atom. The number of nitrogens with zero attached hydrogens (tertiary/aromatic N) is 1. The van der Waals surface area contributed by atoms with Crippen LogP contribution in [0.25, 0.3) is 21.5 Å². The zero-order chi connectivity index (χ0) is 25.1. The first-order valence-corrected chi connectivity index (χ1v) is 12.5. The maximum Gasteiger partial charge on any atom is 0.123 e. The molecule has 0 fully saturated rings. The minimum atomic E-state index is -1.19. The van der Waals surface area contributed by atoms with Crippen LogP contribution in [0.2, 0.25) is 0 Å². The summed E-state index contributed by atoms with van der Waals surface area (Å²) in [4.78, 5) is 2.13. The molecule has 5 aromatic rings. The molecule has 5 aromatic carbocycles.